The predicted molar refractivity (Wildman–Crippen MR) is 101 cm³/mol. The predicted octanol–water partition coefficient (Wildman–Crippen LogP) is 2.50. The lowest BCUT2D eigenvalue weighted by atomic mass is 10.2. The van der Waals surface area contributed by atoms with Crippen LogP contribution in [0.4, 0.5) is 11.4 Å². The van der Waals surface area contributed by atoms with Crippen LogP contribution >= 0.6 is 0 Å². The fraction of sp³-hybridized carbons (Fsp3) is 0.111. The van der Waals surface area contributed by atoms with Crippen molar-refractivity contribution >= 4 is 27.3 Å². The molecular formula is C18H16N4O5S. The molecule has 9 nitrogen and oxygen atoms in total. The van der Waals surface area contributed by atoms with Crippen LogP contribution in [-0.2, 0) is 10.0 Å². The Morgan fingerprint density at radius 3 is 2.61 bits per heavy atom. The minimum absolute atomic E-state index is 0.0684. The Balaban J connectivity index is 1.62. The van der Waals surface area contributed by atoms with Crippen LogP contribution in [0.15, 0.2) is 53.6 Å². The summed E-state index contributed by atoms with van der Waals surface area (Å²) < 4.78 is 38.4. The summed E-state index contributed by atoms with van der Waals surface area (Å²) in [4.78, 5) is 12.8. The average Bonchev–Trinajstić information content (AvgIpc) is 3.28. The van der Waals surface area contributed by atoms with Crippen LogP contribution in [-0.4, -0.2) is 31.3 Å². The first-order chi connectivity index (χ1) is 13.4. The van der Waals surface area contributed by atoms with E-state index in [9.17, 15) is 13.2 Å². The number of aryl methyl sites for hydroxylation is 1. The SMILES string of the molecule is Cc1[nH]nc(S(=O)(=O)Nc2ccccc2)c1C(=O)Nc1ccc2c(c1)OCO2. The fourth-order valence-corrected chi connectivity index (χ4v) is 3.97. The van der Waals surface area contributed by atoms with E-state index in [0.29, 0.717) is 28.6 Å². The van der Waals surface area contributed by atoms with E-state index in [1.54, 1.807) is 55.5 Å². The van der Waals surface area contributed by atoms with Crippen molar-refractivity contribution in [3.8, 4) is 11.5 Å². The maximum atomic E-state index is 12.8. The van der Waals surface area contributed by atoms with Gasteiger partial charge in [-0.15, -0.1) is 0 Å². The number of nitrogens with one attached hydrogen (secondary N) is 3. The topological polar surface area (TPSA) is 122 Å². The van der Waals surface area contributed by atoms with Crippen molar-refractivity contribution in [3.63, 3.8) is 0 Å². The van der Waals surface area contributed by atoms with Crippen molar-refractivity contribution in [2.24, 2.45) is 0 Å². The summed E-state index contributed by atoms with van der Waals surface area (Å²) in [6.07, 6.45) is 0. The molecule has 28 heavy (non-hydrogen) atoms. The maximum absolute atomic E-state index is 12.8. The number of fused-ring (bicyclic) bond motifs is 1. The molecule has 1 amide bonds. The van der Waals surface area contributed by atoms with E-state index >= 15 is 0 Å². The molecule has 144 valence electrons. The molecule has 1 aliphatic heterocycles. The summed E-state index contributed by atoms with van der Waals surface area (Å²) in [6.45, 7) is 1.68. The summed E-state index contributed by atoms with van der Waals surface area (Å²) in [5.74, 6) is 0.465. The van der Waals surface area contributed by atoms with Crippen molar-refractivity contribution in [1.29, 1.82) is 0 Å². The minimum atomic E-state index is -4.07. The molecule has 3 N–H and O–H groups in total. The Bertz CT molecular complexity index is 1140. The number of hydrogen-bond donors (Lipinski definition) is 3. The van der Waals surface area contributed by atoms with Gasteiger partial charge in [-0.25, -0.2) is 0 Å². The number of H-pyrrole nitrogens is 1. The van der Waals surface area contributed by atoms with Gasteiger partial charge in [0, 0.05) is 23.1 Å². The first-order valence-corrected chi connectivity index (χ1v) is 9.76. The highest BCUT2D eigenvalue weighted by Gasteiger charge is 2.28. The van der Waals surface area contributed by atoms with Gasteiger partial charge in [0.25, 0.3) is 15.9 Å². The molecule has 10 heteroatoms. The molecular weight excluding hydrogens is 384 g/mol. The zero-order chi connectivity index (χ0) is 19.7. The van der Waals surface area contributed by atoms with Gasteiger partial charge in [-0.1, -0.05) is 18.2 Å². The minimum Gasteiger partial charge on any atom is -0.454 e. The van der Waals surface area contributed by atoms with Crippen LogP contribution in [0, 0.1) is 6.92 Å². The van der Waals surface area contributed by atoms with E-state index in [2.05, 4.69) is 20.2 Å². The Morgan fingerprint density at radius 1 is 1.07 bits per heavy atom. The molecule has 4 rings (SSSR count). The van der Waals surface area contributed by atoms with Gasteiger partial charge in [0.2, 0.25) is 11.8 Å². The van der Waals surface area contributed by atoms with Gasteiger partial charge in [0.05, 0.1) is 0 Å². The van der Waals surface area contributed by atoms with Crippen LogP contribution in [0.2, 0.25) is 0 Å². The number of ether oxygens (including phenoxy) is 2. The van der Waals surface area contributed by atoms with Crippen LogP contribution in [0.5, 0.6) is 11.5 Å². The Morgan fingerprint density at radius 2 is 1.82 bits per heavy atom. The third kappa shape index (κ3) is 3.37. The lowest BCUT2D eigenvalue weighted by Gasteiger charge is -2.09. The second kappa shape index (κ2) is 6.89. The van der Waals surface area contributed by atoms with Gasteiger partial charge in [-0.3, -0.25) is 14.6 Å². The number of carbonyl (C=O) groups excluding carboxylic acids is 1. The molecule has 0 fully saturated rings. The summed E-state index contributed by atoms with van der Waals surface area (Å²) in [5.41, 5.74) is 1.06. The lowest BCUT2D eigenvalue weighted by Crippen LogP contribution is -2.20. The lowest BCUT2D eigenvalue weighted by molar-refractivity contribution is 0.102. The monoisotopic (exact) mass is 400 g/mol. The number of anilines is 2. The summed E-state index contributed by atoms with van der Waals surface area (Å²) in [6, 6.07) is 13.3. The van der Waals surface area contributed by atoms with E-state index < -0.39 is 15.9 Å². The van der Waals surface area contributed by atoms with Crippen LogP contribution in [0.3, 0.4) is 0 Å². The molecule has 0 radical (unpaired) electrons. The van der Waals surface area contributed by atoms with E-state index in [1.807, 2.05) is 0 Å². The summed E-state index contributed by atoms with van der Waals surface area (Å²) in [5, 5.41) is 8.67. The summed E-state index contributed by atoms with van der Waals surface area (Å²) in [7, 11) is -4.07. The highest BCUT2D eigenvalue weighted by Crippen LogP contribution is 2.34. The molecule has 1 aliphatic rings. The van der Waals surface area contributed by atoms with E-state index in [4.69, 9.17) is 9.47 Å². The normalized spacial score (nSPS) is 12.6. The van der Waals surface area contributed by atoms with E-state index in [-0.39, 0.29) is 17.4 Å². The molecule has 2 aromatic carbocycles. The molecule has 0 unspecified atom stereocenters. The number of rotatable bonds is 5. The smallest absolute Gasteiger partial charge is 0.282 e. The molecule has 0 aliphatic carbocycles. The molecule has 0 saturated carbocycles. The van der Waals surface area contributed by atoms with Crippen molar-refractivity contribution in [1.82, 2.24) is 10.2 Å². The van der Waals surface area contributed by atoms with Gasteiger partial charge in [0.1, 0.15) is 5.56 Å². The number of para-hydroxylation sites is 1. The largest absolute Gasteiger partial charge is 0.454 e. The number of sulfonamides is 1. The Kier molecular flexibility index (Phi) is 4.40. The number of aromatic nitrogens is 2. The molecule has 0 bridgehead atoms. The van der Waals surface area contributed by atoms with Gasteiger partial charge in [-0.05, 0) is 31.2 Å². The highest BCUT2D eigenvalue weighted by atomic mass is 32.2. The van der Waals surface area contributed by atoms with Crippen LogP contribution in [0.1, 0.15) is 16.1 Å². The third-order valence-corrected chi connectivity index (χ3v) is 5.36. The zero-order valence-electron chi connectivity index (χ0n) is 14.7. The number of amides is 1. The highest BCUT2D eigenvalue weighted by molar-refractivity contribution is 7.92. The molecule has 3 aromatic rings. The third-order valence-electron chi connectivity index (χ3n) is 4.05. The Hall–Kier alpha value is -3.53. The molecule has 2 heterocycles. The zero-order valence-corrected chi connectivity index (χ0v) is 15.5. The first kappa shape index (κ1) is 17.9. The fourth-order valence-electron chi connectivity index (χ4n) is 2.75. The first-order valence-electron chi connectivity index (χ1n) is 8.28. The van der Waals surface area contributed by atoms with E-state index in [1.165, 1.54) is 0 Å². The maximum Gasteiger partial charge on any atom is 0.282 e. The number of benzene rings is 2. The van der Waals surface area contributed by atoms with Crippen molar-refractivity contribution in [3.05, 3.63) is 59.8 Å². The molecule has 0 saturated heterocycles. The van der Waals surface area contributed by atoms with E-state index in [0.717, 1.165) is 0 Å². The summed E-state index contributed by atoms with van der Waals surface area (Å²) >= 11 is 0. The second-order valence-corrected chi connectivity index (χ2v) is 7.62. The quantitative estimate of drug-likeness (QED) is 0.605. The number of carbonyl (C=O) groups is 1. The van der Waals surface area contributed by atoms with Crippen LogP contribution in [0.25, 0.3) is 0 Å². The standard InChI is InChI=1S/C18H16N4O5S/c1-11-16(17(23)19-13-7-8-14-15(9-13)27-10-26-14)18(21-20-11)28(24,25)22-12-5-3-2-4-6-12/h2-9,22H,10H2,1H3,(H,19,23)(H,20,21). The van der Waals surface area contributed by atoms with Gasteiger partial charge < -0.3 is 14.8 Å². The molecule has 0 spiro atoms. The van der Waals surface area contributed by atoms with Crippen molar-refractivity contribution in [2.45, 2.75) is 11.9 Å². The average molecular weight is 400 g/mol. The second-order valence-electron chi connectivity index (χ2n) is 6.02. The molecule has 0 atom stereocenters. The van der Waals surface area contributed by atoms with Gasteiger partial charge in [0.15, 0.2) is 11.5 Å². The number of aromatic amines is 1. The Labute approximate surface area is 160 Å². The van der Waals surface area contributed by atoms with Crippen molar-refractivity contribution < 1.29 is 22.7 Å². The van der Waals surface area contributed by atoms with Gasteiger partial charge in [-0.2, -0.15) is 13.5 Å². The molecule has 1 aromatic heterocycles. The van der Waals surface area contributed by atoms with Crippen LogP contribution < -0.4 is 19.5 Å². The van der Waals surface area contributed by atoms with Gasteiger partial charge >= 0.3 is 0 Å². The van der Waals surface area contributed by atoms with Crippen molar-refractivity contribution in [2.75, 3.05) is 16.8 Å². The number of nitrogens with zero attached hydrogens (tertiary/aromatic N) is 1. The number of hydrogen-bond acceptors (Lipinski definition) is 6.